The van der Waals surface area contributed by atoms with Crippen molar-refractivity contribution in [2.24, 2.45) is 0 Å². The Balaban J connectivity index is 1.58. The Morgan fingerprint density at radius 3 is 2.72 bits per heavy atom. The van der Waals surface area contributed by atoms with Crippen LogP contribution in [0.4, 0.5) is 0 Å². The molecule has 3 aromatic heterocycles. The molecule has 0 saturated carbocycles. The van der Waals surface area contributed by atoms with Crippen molar-refractivity contribution >= 4 is 0 Å². The topological polar surface area (TPSA) is 68.8 Å². The summed E-state index contributed by atoms with van der Waals surface area (Å²) in [6.45, 7) is 3.74. The summed E-state index contributed by atoms with van der Waals surface area (Å²) in [5, 5.41) is 0. The van der Waals surface area contributed by atoms with E-state index >= 15 is 0 Å². The molecule has 25 heavy (non-hydrogen) atoms. The summed E-state index contributed by atoms with van der Waals surface area (Å²) >= 11 is 0. The summed E-state index contributed by atoms with van der Waals surface area (Å²) in [6.07, 6.45) is 9.91. The van der Waals surface area contributed by atoms with Crippen LogP contribution in [0.15, 0.2) is 54.1 Å². The standard InChI is InChI=1S/C18H20N6O/c25-18-10-16(12-23-9-6-20-14-23)21-17-13-22(7-1-8-24(17)18)11-15-2-4-19-5-3-15/h2-6,9-10,14H,1,7-8,11-13H2. The van der Waals surface area contributed by atoms with Gasteiger partial charge < -0.3 is 4.57 Å². The normalized spacial score (nSPS) is 14.9. The van der Waals surface area contributed by atoms with Crippen LogP contribution in [-0.2, 0) is 26.2 Å². The van der Waals surface area contributed by atoms with E-state index in [0.717, 1.165) is 37.6 Å². The Bertz CT molecular complexity index is 888. The van der Waals surface area contributed by atoms with E-state index in [1.54, 1.807) is 18.6 Å². The average molecular weight is 336 g/mol. The lowest BCUT2D eigenvalue weighted by molar-refractivity contribution is 0.258. The number of hydrogen-bond acceptors (Lipinski definition) is 5. The summed E-state index contributed by atoms with van der Waals surface area (Å²) in [5.74, 6) is 0.842. The number of rotatable bonds is 4. The molecule has 0 radical (unpaired) electrons. The van der Waals surface area contributed by atoms with Gasteiger partial charge in [0.15, 0.2) is 0 Å². The maximum absolute atomic E-state index is 12.5. The van der Waals surface area contributed by atoms with Gasteiger partial charge in [-0.2, -0.15) is 0 Å². The third-order valence-corrected chi connectivity index (χ3v) is 4.42. The Morgan fingerprint density at radius 1 is 1.04 bits per heavy atom. The molecule has 0 unspecified atom stereocenters. The maximum atomic E-state index is 12.5. The van der Waals surface area contributed by atoms with Crippen LogP contribution in [0, 0.1) is 0 Å². The summed E-state index contributed by atoms with van der Waals surface area (Å²) in [7, 11) is 0. The first-order valence-corrected chi connectivity index (χ1v) is 8.44. The smallest absolute Gasteiger partial charge is 0.253 e. The lowest BCUT2D eigenvalue weighted by Crippen LogP contribution is -2.27. The molecule has 0 fully saturated rings. The summed E-state index contributed by atoms with van der Waals surface area (Å²) < 4.78 is 3.73. The van der Waals surface area contributed by atoms with E-state index in [-0.39, 0.29) is 5.56 Å². The molecule has 0 bridgehead atoms. The molecule has 0 aliphatic carbocycles. The molecule has 0 spiro atoms. The van der Waals surface area contributed by atoms with E-state index < -0.39 is 0 Å². The van der Waals surface area contributed by atoms with Crippen LogP contribution in [0.3, 0.4) is 0 Å². The number of hydrogen-bond donors (Lipinski definition) is 0. The SMILES string of the molecule is O=c1cc(Cn2ccnc2)nc2n1CCCN(Cc1ccncc1)C2. The van der Waals surface area contributed by atoms with E-state index in [2.05, 4.69) is 14.9 Å². The van der Waals surface area contributed by atoms with Crippen molar-refractivity contribution in [2.75, 3.05) is 6.54 Å². The first-order valence-electron chi connectivity index (χ1n) is 8.44. The van der Waals surface area contributed by atoms with Crippen LogP contribution in [0.1, 0.15) is 23.5 Å². The minimum atomic E-state index is 0.0332. The Hall–Kier alpha value is -2.80. The summed E-state index contributed by atoms with van der Waals surface area (Å²) in [4.78, 5) is 27.7. The lowest BCUT2D eigenvalue weighted by atomic mass is 10.2. The minimum Gasteiger partial charge on any atom is -0.331 e. The monoisotopic (exact) mass is 336 g/mol. The molecular formula is C18H20N6O. The van der Waals surface area contributed by atoms with Crippen LogP contribution in [-0.4, -0.2) is 35.5 Å². The quantitative estimate of drug-likeness (QED) is 0.718. The van der Waals surface area contributed by atoms with Gasteiger partial charge in [-0.15, -0.1) is 0 Å². The highest BCUT2D eigenvalue weighted by molar-refractivity contribution is 5.11. The molecule has 128 valence electrons. The van der Waals surface area contributed by atoms with Gasteiger partial charge in [0.05, 0.1) is 25.1 Å². The van der Waals surface area contributed by atoms with Gasteiger partial charge in [0.25, 0.3) is 5.56 Å². The van der Waals surface area contributed by atoms with Gasteiger partial charge in [-0.25, -0.2) is 9.97 Å². The van der Waals surface area contributed by atoms with Crippen molar-refractivity contribution in [3.63, 3.8) is 0 Å². The molecule has 0 saturated heterocycles. The molecule has 0 atom stereocenters. The highest BCUT2D eigenvalue weighted by Crippen LogP contribution is 2.13. The fraction of sp³-hybridized carbons (Fsp3) is 0.333. The zero-order valence-corrected chi connectivity index (χ0v) is 14.0. The zero-order chi connectivity index (χ0) is 17.1. The van der Waals surface area contributed by atoms with Crippen molar-refractivity contribution in [3.8, 4) is 0 Å². The van der Waals surface area contributed by atoms with E-state index in [0.29, 0.717) is 13.1 Å². The Labute approximate surface area is 145 Å². The molecule has 3 aromatic rings. The van der Waals surface area contributed by atoms with Gasteiger partial charge in [0.2, 0.25) is 0 Å². The van der Waals surface area contributed by atoms with Crippen LogP contribution >= 0.6 is 0 Å². The lowest BCUT2D eigenvalue weighted by Gasteiger charge is -2.19. The van der Waals surface area contributed by atoms with Gasteiger partial charge in [0.1, 0.15) is 5.82 Å². The predicted octanol–water partition coefficient (Wildman–Crippen LogP) is 1.29. The second-order valence-corrected chi connectivity index (χ2v) is 6.31. The van der Waals surface area contributed by atoms with Gasteiger partial charge in [-0.05, 0) is 24.1 Å². The predicted molar refractivity (Wildman–Crippen MR) is 92.8 cm³/mol. The Morgan fingerprint density at radius 2 is 1.92 bits per heavy atom. The van der Waals surface area contributed by atoms with E-state index in [9.17, 15) is 4.79 Å². The molecule has 7 nitrogen and oxygen atoms in total. The molecular weight excluding hydrogens is 316 g/mol. The highest BCUT2D eigenvalue weighted by atomic mass is 16.1. The first kappa shape index (κ1) is 15.7. The number of fused-ring (bicyclic) bond motifs is 1. The molecule has 1 aliphatic heterocycles. The van der Waals surface area contributed by atoms with E-state index in [1.807, 2.05) is 39.9 Å². The van der Waals surface area contributed by atoms with Gasteiger partial charge in [0, 0.05) is 50.5 Å². The second-order valence-electron chi connectivity index (χ2n) is 6.31. The molecule has 1 aliphatic rings. The molecule has 4 rings (SSSR count). The van der Waals surface area contributed by atoms with Crippen LogP contribution in [0.5, 0.6) is 0 Å². The highest BCUT2D eigenvalue weighted by Gasteiger charge is 2.17. The van der Waals surface area contributed by atoms with Crippen molar-refractivity contribution in [1.82, 2.24) is 29.0 Å². The largest absolute Gasteiger partial charge is 0.331 e. The molecule has 0 N–H and O–H groups in total. The van der Waals surface area contributed by atoms with Crippen molar-refractivity contribution in [1.29, 1.82) is 0 Å². The molecule has 7 heteroatoms. The number of nitrogens with zero attached hydrogens (tertiary/aromatic N) is 6. The summed E-state index contributed by atoms with van der Waals surface area (Å²) in [5.41, 5.74) is 2.03. The minimum absolute atomic E-state index is 0.0332. The maximum Gasteiger partial charge on any atom is 0.253 e. The number of pyridine rings is 1. The third kappa shape index (κ3) is 3.66. The molecule has 4 heterocycles. The van der Waals surface area contributed by atoms with E-state index in [1.165, 1.54) is 5.56 Å². The Kier molecular flexibility index (Phi) is 4.39. The number of aromatic nitrogens is 5. The van der Waals surface area contributed by atoms with Crippen LogP contribution in [0.25, 0.3) is 0 Å². The van der Waals surface area contributed by atoms with Gasteiger partial charge in [-0.3, -0.25) is 19.2 Å². The fourth-order valence-electron chi connectivity index (χ4n) is 3.23. The van der Waals surface area contributed by atoms with E-state index in [4.69, 9.17) is 4.98 Å². The zero-order valence-electron chi connectivity index (χ0n) is 14.0. The van der Waals surface area contributed by atoms with Gasteiger partial charge in [-0.1, -0.05) is 0 Å². The van der Waals surface area contributed by atoms with Crippen LogP contribution in [0.2, 0.25) is 0 Å². The second kappa shape index (κ2) is 6.98. The van der Waals surface area contributed by atoms with Crippen molar-refractivity contribution in [3.05, 3.63) is 76.7 Å². The summed E-state index contributed by atoms with van der Waals surface area (Å²) in [6, 6.07) is 5.70. The first-order chi connectivity index (χ1) is 12.3. The van der Waals surface area contributed by atoms with Gasteiger partial charge >= 0.3 is 0 Å². The van der Waals surface area contributed by atoms with Crippen molar-refractivity contribution < 1.29 is 0 Å². The third-order valence-electron chi connectivity index (χ3n) is 4.42. The molecule has 0 aromatic carbocycles. The number of imidazole rings is 1. The molecule has 0 amide bonds. The van der Waals surface area contributed by atoms with Crippen molar-refractivity contribution in [2.45, 2.75) is 32.6 Å². The fourth-order valence-corrected chi connectivity index (χ4v) is 3.23. The van der Waals surface area contributed by atoms with Crippen LogP contribution < -0.4 is 5.56 Å². The average Bonchev–Trinajstić information content (AvgIpc) is 3.02.